The molecule has 6 nitrogen and oxygen atoms in total. The second-order valence-electron chi connectivity index (χ2n) is 6.90. The standard InChI is InChI=1S/C19H20ClN3O3S/c1-19(2,23-17(25)14-5-6-15(20)27-14)18(26)22-13-4-3-11-7-8-21-16(24)10-12(11)9-13/h3-6,9H,7-8,10H2,1-2H3,(H,21,24)(H,22,26)(H,23,25). The molecule has 0 spiro atoms. The molecular weight excluding hydrogens is 386 g/mol. The van der Waals surface area contributed by atoms with E-state index in [1.165, 1.54) is 0 Å². The molecule has 8 heteroatoms. The average molecular weight is 406 g/mol. The zero-order valence-electron chi connectivity index (χ0n) is 15.0. The molecule has 1 aliphatic heterocycles. The van der Waals surface area contributed by atoms with E-state index in [2.05, 4.69) is 16.0 Å². The number of halogens is 1. The van der Waals surface area contributed by atoms with Crippen LogP contribution in [0.25, 0.3) is 0 Å². The summed E-state index contributed by atoms with van der Waals surface area (Å²) in [6.45, 7) is 3.88. The maximum absolute atomic E-state index is 12.7. The number of benzene rings is 1. The molecule has 0 unspecified atom stereocenters. The van der Waals surface area contributed by atoms with Crippen LogP contribution in [0.1, 0.15) is 34.6 Å². The van der Waals surface area contributed by atoms with Crippen molar-refractivity contribution in [2.45, 2.75) is 32.2 Å². The van der Waals surface area contributed by atoms with Gasteiger partial charge < -0.3 is 16.0 Å². The Hall–Kier alpha value is -2.38. The number of thiophene rings is 1. The molecule has 3 rings (SSSR count). The SMILES string of the molecule is CC(C)(NC(=O)c1ccc(Cl)s1)C(=O)Nc1ccc2c(c1)CC(=O)NCC2. The molecule has 3 N–H and O–H groups in total. The van der Waals surface area contributed by atoms with Crippen LogP contribution in [-0.2, 0) is 22.4 Å². The first kappa shape index (κ1) is 19.4. The van der Waals surface area contributed by atoms with E-state index in [9.17, 15) is 14.4 Å². The maximum atomic E-state index is 12.7. The van der Waals surface area contributed by atoms with Gasteiger partial charge in [0.1, 0.15) is 5.54 Å². The number of anilines is 1. The molecule has 27 heavy (non-hydrogen) atoms. The maximum Gasteiger partial charge on any atom is 0.262 e. The molecular formula is C19H20ClN3O3S. The van der Waals surface area contributed by atoms with E-state index in [4.69, 9.17) is 11.6 Å². The van der Waals surface area contributed by atoms with Gasteiger partial charge in [-0.2, -0.15) is 0 Å². The molecule has 2 heterocycles. The van der Waals surface area contributed by atoms with Crippen molar-refractivity contribution in [3.8, 4) is 0 Å². The number of hydrogen-bond acceptors (Lipinski definition) is 4. The average Bonchev–Trinajstić information content (AvgIpc) is 2.94. The lowest BCUT2D eigenvalue weighted by Gasteiger charge is -2.25. The summed E-state index contributed by atoms with van der Waals surface area (Å²) >= 11 is 7.01. The third-order valence-corrected chi connectivity index (χ3v) is 5.55. The van der Waals surface area contributed by atoms with Crippen LogP contribution >= 0.6 is 22.9 Å². The molecule has 1 aliphatic rings. The van der Waals surface area contributed by atoms with Crippen molar-refractivity contribution in [1.82, 2.24) is 10.6 Å². The lowest BCUT2D eigenvalue weighted by atomic mass is 10.0. The van der Waals surface area contributed by atoms with Gasteiger partial charge in [0.2, 0.25) is 11.8 Å². The Morgan fingerprint density at radius 1 is 1.19 bits per heavy atom. The van der Waals surface area contributed by atoms with E-state index in [-0.39, 0.29) is 24.1 Å². The van der Waals surface area contributed by atoms with Crippen LogP contribution in [0.2, 0.25) is 4.34 Å². The molecule has 0 saturated carbocycles. The normalized spacial score (nSPS) is 14.0. The van der Waals surface area contributed by atoms with Crippen LogP contribution < -0.4 is 16.0 Å². The monoisotopic (exact) mass is 405 g/mol. The second kappa shape index (κ2) is 7.70. The van der Waals surface area contributed by atoms with Gasteiger partial charge in [0.25, 0.3) is 5.91 Å². The summed E-state index contributed by atoms with van der Waals surface area (Å²) in [6.07, 6.45) is 1.05. The number of nitrogens with one attached hydrogen (secondary N) is 3. The van der Waals surface area contributed by atoms with Crippen LogP contribution in [0, 0.1) is 0 Å². The first-order valence-corrected chi connectivity index (χ1v) is 9.72. The van der Waals surface area contributed by atoms with Gasteiger partial charge in [-0.05, 0) is 55.7 Å². The van der Waals surface area contributed by atoms with Crippen molar-refractivity contribution in [3.63, 3.8) is 0 Å². The number of carbonyl (C=O) groups excluding carboxylic acids is 3. The third-order valence-electron chi connectivity index (χ3n) is 4.32. The number of fused-ring (bicyclic) bond motifs is 1. The number of amides is 3. The minimum Gasteiger partial charge on any atom is -0.355 e. The minimum absolute atomic E-state index is 0.0283. The molecule has 0 radical (unpaired) electrons. The Labute approximate surface area is 166 Å². The Bertz CT molecular complexity index is 907. The van der Waals surface area contributed by atoms with Gasteiger partial charge >= 0.3 is 0 Å². The number of carbonyl (C=O) groups is 3. The lowest BCUT2D eigenvalue weighted by Crippen LogP contribution is -2.52. The van der Waals surface area contributed by atoms with Gasteiger partial charge in [-0.25, -0.2) is 0 Å². The van der Waals surface area contributed by atoms with Gasteiger partial charge in [-0.15, -0.1) is 11.3 Å². The fraction of sp³-hybridized carbons (Fsp3) is 0.316. The third kappa shape index (κ3) is 4.67. The van der Waals surface area contributed by atoms with Crippen LogP contribution in [0.5, 0.6) is 0 Å². The van der Waals surface area contributed by atoms with Crippen molar-refractivity contribution >= 4 is 46.3 Å². The summed E-state index contributed by atoms with van der Waals surface area (Å²) < 4.78 is 0.511. The Balaban J connectivity index is 1.70. The van der Waals surface area contributed by atoms with Crippen molar-refractivity contribution in [2.24, 2.45) is 0 Å². The van der Waals surface area contributed by atoms with E-state index in [1.54, 1.807) is 26.0 Å². The van der Waals surface area contributed by atoms with E-state index in [0.29, 0.717) is 21.4 Å². The van der Waals surface area contributed by atoms with Crippen LogP contribution in [-0.4, -0.2) is 29.8 Å². The highest BCUT2D eigenvalue weighted by Crippen LogP contribution is 2.23. The van der Waals surface area contributed by atoms with Crippen molar-refractivity contribution in [3.05, 3.63) is 50.7 Å². The molecule has 0 atom stereocenters. The van der Waals surface area contributed by atoms with Crippen molar-refractivity contribution in [2.75, 3.05) is 11.9 Å². The number of rotatable bonds is 4. The highest BCUT2D eigenvalue weighted by molar-refractivity contribution is 7.18. The molecule has 0 bridgehead atoms. The summed E-state index contributed by atoms with van der Waals surface area (Å²) in [5.41, 5.74) is 1.46. The van der Waals surface area contributed by atoms with E-state index < -0.39 is 5.54 Å². The summed E-state index contributed by atoms with van der Waals surface area (Å²) in [5, 5.41) is 8.38. The fourth-order valence-electron chi connectivity index (χ4n) is 2.81. The first-order valence-electron chi connectivity index (χ1n) is 8.52. The summed E-state index contributed by atoms with van der Waals surface area (Å²) in [7, 11) is 0. The Morgan fingerprint density at radius 3 is 2.67 bits per heavy atom. The highest BCUT2D eigenvalue weighted by Gasteiger charge is 2.30. The molecule has 1 aromatic heterocycles. The predicted octanol–water partition coefficient (Wildman–Crippen LogP) is 2.76. The summed E-state index contributed by atoms with van der Waals surface area (Å²) in [4.78, 5) is 37.2. The zero-order chi connectivity index (χ0) is 19.6. The molecule has 0 fully saturated rings. The quantitative estimate of drug-likeness (QED) is 0.730. The molecule has 1 aromatic carbocycles. The number of hydrogen-bond donors (Lipinski definition) is 3. The van der Waals surface area contributed by atoms with E-state index >= 15 is 0 Å². The highest BCUT2D eigenvalue weighted by atomic mass is 35.5. The van der Waals surface area contributed by atoms with Gasteiger partial charge in [0.05, 0.1) is 15.6 Å². The van der Waals surface area contributed by atoms with E-state index in [0.717, 1.165) is 28.9 Å². The molecule has 2 aromatic rings. The largest absolute Gasteiger partial charge is 0.355 e. The molecule has 3 amide bonds. The molecule has 0 saturated heterocycles. The molecule has 0 aliphatic carbocycles. The van der Waals surface area contributed by atoms with Crippen molar-refractivity contribution < 1.29 is 14.4 Å². The zero-order valence-corrected chi connectivity index (χ0v) is 16.6. The Kier molecular flexibility index (Phi) is 5.53. The van der Waals surface area contributed by atoms with Gasteiger partial charge in [0, 0.05) is 12.2 Å². The van der Waals surface area contributed by atoms with E-state index in [1.807, 2.05) is 18.2 Å². The Morgan fingerprint density at radius 2 is 1.96 bits per heavy atom. The van der Waals surface area contributed by atoms with Gasteiger partial charge in [-0.3, -0.25) is 14.4 Å². The molecule has 142 valence electrons. The second-order valence-corrected chi connectivity index (χ2v) is 8.61. The fourth-order valence-corrected chi connectivity index (χ4v) is 3.75. The van der Waals surface area contributed by atoms with Crippen LogP contribution in [0.3, 0.4) is 0 Å². The van der Waals surface area contributed by atoms with Crippen LogP contribution in [0.15, 0.2) is 30.3 Å². The topological polar surface area (TPSA) is 87.3 Å². The van der Waals surface area contributed by atoms with Gasteiger partial charge in [0.15, 0.2) is 0 Å². The summed E-state index contributed by atoms with van der Waals surface area (Å²) in [5.74, 6) is -0.735. The van der Waals surface area contributed by atoms with Crippen molar-refractivity contribution in [1.29, 1.82) is 0 Å². The first-order chi connectivity index (χ1) is 12.7. The summed E-state index contributed by atoms with van der Waals surface area (Å²) in [6, 6.07) is 8.80. The minimum atomic E-state index is -1.13. The van der Waals surface area contributed by atoms with Crippen LogP contribution in [0.4, 0.5) is 5.69 Å². The van der Waals surface area contributed by atoms with Gasteiger partial charge in [-0.1, -0.05) is 17.7 Å². The smallest absolute Gasteiger partial charge is 0.262 e. The predicted molar refractivity (Wildman–Crippen MR) is 106 cm³/mol. The lowest BCUT2D eigenvalue weighted by molar-refractivity contribution is -0.121.